The topological polar surface area (TPSA) is 39.7 Å². The third-order valence-electron chi connectivity index (χ3n) is 5.60. The largest absolute Gasteiger partial charge is 0.342 e. The number of thiazole rings is 1. The van der Waals surface area contributed by atoms with Crippen LogP contribution in [0, 0.1) is 13.8 Å². The molecule has 6 heteroatoms. The van der Waals surface area contributed by atoms with E-state index in [0.29, 0.717) is 6.54 Å². The van der Waals surface area contributed by atoms with Crippen molar-refractivity contribution in [2.24, 2.45) is 0 Å². The highest BCUT2D eigenvalue weighted by atomic mass is 32.1. The van der Waals surface area contributed by atoms with Gasteiger partial charge in [0, 0.05) is 39.8 Å². The third-order valence-corrected chi connectivity index (χ3v) is 6.91. The molecule has 1 saturated heterocycles. The number of piperazine rings is 1. The number of hydrogen-bond acceptors (Lipinski definition) is 5. The van der Waals surface area contributed by atoms with Crippen LogP contribution in [0.15, 0.2) is 42.5 Å². The summed E-state index contributed by atoms with van der Waals surface area (Å²) >= 11 is 1.67. The van der Waals surface area contributed by atoms with Crippen LogP contribution in [-0.4, -0.2) is 60.5 Å². The second kappa shape index (κ2) is 8.51. The van der Waals surface area contributed by atoms with Gasteiger partial charge in [-0.05, 0) is 30.5 Å². The molecule has 1 fully saturated rings. The standard InChI is InChI=1S/C23H28N4OS/c1-17-9-10-18(2)22-21(17)24-23(29-22)25(3)16-20(28)27-13-11-26(12-14-27)15-19-7-5-4-6-8-19/h4-10H,11-16H2,1-3H3. The second-order valence-corrected chi connectivity index (χ2v) is 8.85. The van der Waals surface area contributed by atoms with Crippen LogP contribution in [0.2, 0.25) is 0 Å². The van der Waals surface area contributed by atoms with Crippen molar-refractivity contribution in [2.75, 3.05) is 44.7 Å². The van der Waals surface area contributed by atoms with Crippen molar-refractivity contribution < 1.29 is 4.79 Å². The number of aryl methyl sites for hydroxylation is 2. The van der Waals surface area contributed by atoms with E-state index in [0.717, 1.165) is 43.4 Å². The SMILES string of the molecule is Cc1ccc(C)c2sc(N(C)CC(=O)N3CCN(Cc4ccccc4)CC3)nc12. The Bertz CT molecular complexity index is 954. The van der Waals surface area contributed by atoms with Crippen molar-refractivity contribution in [3.8, 4) is 0 Å². The Kier molecular flexibility index (Phi) is 5.83. The monoisotopic (exact) mass is 408 g/mol. The minimum absolute atomic E-state index is 0.180. The van der Waals surface area contributed by atoms with Gasteiger partial charge in [0.25, 0.3) is 0 Å². The summed E-state index contributed by atoms with van der Waals surface area (Å²) in [6.45, 7) is 8.95. The molecule has 0 radical (unpaired) electrons. The van der Waals surface area contributed by atoms with Gasteiger partial charge in [-0.2, -0.15) is 0 Å². The average Bonchev–Trinajstić information content (AvgIpc) is 3.19. The van der Waals surface area contributed by atoms with Crippen LogP contribution in [0.25, 0.3) is 10.2 Å². The lowest BCUT2D eigenvalue weighted by atomic mass is 10.1. The zero-order chi connectivity index (χ0) is 20.4. The second-order valence-electron chi connectivity index (χ2n) is 7.87. The van der Waals surface area contributed by atoms with Crippen LogP contribution in [0.5, 0.6) is 0 Å². The van der Waals surface area contributed by atoms with E-state index in [4.69, 9.17) is 4.98 Å². The third kappa shape index (κ3) is 4.43. The molecule has 29 heavy (non-hydrogen) atoms. The van der Waals surface area contributed by atoms with Crippen molar-refractivity contribution in [2.45, 2.75) is 20.4 Å². The summed E-state index contributed by atoms with van der Waals surface area (Å²) in [5.74, 6) is 0.180. The molecule has 4 rings (SSSR count). The minimum atomic E-state index is 0.180. The Morgan fingerprint density at radius 3 is 2.41 bits per heavy atom. The molecule has 1 amide bonds. The number of likely N-dealkylation sites (N-methyl/N-ethyl adjacent to an activating group) is 1. The number of benzene rings is 2. The Labute approximate surface area is 176 Å². The highest BCUT2D eigenvalue weighted by molar-refractivity contribution is 7.22. The van der Waals surface area contributed by atoms with E-state index < -0.39 is 0 Å². The van der Waals surface area contributed by atoms with Crippen LogP contribution in [-0.2, 0) is 11.3 Å². The van der Waals surface area contributed by atoms with Gasteiger partial charge in [0.05, 0.1) is 16.8 Å². The molecule has 1 aromatic heterocycles. The summed E-state index contributed by atoms with van der Waals surface area (Å²) in [5, 5.41) is 0.911. The number of hydrogen-bond donors (Lipinski definition) is 0. The highest BCUT2D eigenvalue weighted by Gasteiger charge is 2.23. The lowest BCUT2D eigenvalue weighted by molar-refractivity contribution is -0.131. The van der Waals surface area contributed by atoms with Gasteiger partial charge in [-0.1, -0.05) is 53.8 Å². The Hall–Kier alpha value is -2.44. The van der Waals surface area contributed by atoms with Gasteiger partial charge in [0.15, 0.2) is 5.13 Å². The molecule has 0 bridgehead atoms. The molecule has 0 unspecified atom stereocenters. The zero-order valence-corrected chi connectivity index (χ0v) is 18.2. The summed E-state index contributed by atoms with van der Waals surface area (Å²) in [4.78, 5) is 24.0. The predicted molar refractivity (Wildman–Crippen MR) is 121 cm³/mol. The average molecular weight is 409 g/mol. The quantitative estimate of drug-likeness (QED) is 0.645. The van der Waals surface area contributed by atoms with Crippen LogP contribution < -0.4 is 4.90 Å². The zero-order valence-electron chi connectivity index (χ0n) is 17.4. The van der Waals surface area contributed by atoms with Gasteiger partial charge in [0.2, 0.25) is 5.91 Å². The van der Waals surface area contributed by atoms with Gasteiger partial charge in [0.1, 0.15) is 0 Å². The molecule has 5 nitrogen and oxygen atoms in total. The summed E-state index contributed by atoms with van der Waals surface area (Å²) < 4.78 is 1.22. The Morgan fingerprint density at radius 2 is 1.72 bits per heavy atom. The lowest BCUT2D eigenvalue weighted by Crippen LogP contribution is -2.50. The summed E-state index contributed by atoms with van der Waals surface area (Å²) in [6.07, 6.45) is 0. The van der Waals surface area contributed by atoms with Crippen LogP contribution in [0.4, 0.5) is 5.13 Å². The summed E-state index contributed by atoms with van der Waals surface area (Å²) in [7, 11) is 1.96. The molecule has 152 valence electrons. The van der Waals surface area contributed by atoms with E-state index in [1.807, 2.05) is 22.9 Å². The van der Waals surface area contributed by atoms with E-state index in [1.165, 1.54) is 21.4 Å². The van der Waals surface area contributed by atoms with Crippen LogP contribution >= 0.6 is 11.3 Å². The van der Waals surface area contributed by atoms with Crippen LogP contribution in [0.1, 0.15) is 16.7 Å². The minimum Gasteiger partial charge on any atom is -0.342 e. The summed E-state index contributed by atoms with van der Waals surface area (Å²) in [6, 6.07) is 14.8. The number of carbonyl (C=O) groups excluding carboxylic acids is 1. The van der Waals surface area contributed by atoms with Crippen molar-refractivity contribution in [1.82, 2.24) is 14.8 Å². The molecule has 0 spiro atoms. The first kappa shape index (κ1) is 19.9. The molecule has 0 aliphatic carbocycles. The number of fused-ring (bicyclic) bond motifs is 1. The van der Waals surface area contributed by atoms with E-state index in [9.17, 15) is 4.79 Å². The maximum absolute atomic E-state index is 12.8. The number of nitrogens with zero attached hydrogens (tertiary/aromatic N) is 4. The van der Waals surface area contributed by atoms with Crippen molar-refractivity contribution in [3.63, 3.8) is 0 Å². The highest BCUT2D eigenvalue weighted by Crippen LogP contribution is 2.32. The molecular weight excluding hydrogens is 380 g/mol. The van der Waals surface area contributed by atoms with Gasteiger partial charge < -0.3 is 9.80 Å². The lowest BCUT2D eigenvalue weighted by Gasteiger charge is -2.35. The fourth-order valence-electron chi connectivity index (χ4n) is 3.78. The molecule has 1 aliphatic rings. The van der Waals surface area contributed by atoms with Gasteiger partial charge in [-0.3, -0.25) is 9.69 Å². The molecule has 0 atom stereocenters. The normalized spacial score (nSPS) is 15.1. The number of amides is 1. The summed E-state index contributed by atoms with van der Waals surface area (Å²) in [5.41, 5.74) is 4.80. The van der Waals surface area contributed by atoms with Crippen molar-refractivity contribution in [1.29, 1.82) is 0 Å². The molecule has 2 aromatic carbocycles. The smallest absolute Gasteiger partial charge is 0.242 e. The molecule has 0 N–H and O–H groups in total. The number of rotatable bonds is 5. The maximum Gasteiger partial charge on any atom is 0.242 e. The molecule has 3 aromatic rings. The Morgan fingerprint density at radius 1 is 1.03 bits per heavy atom. The van der Waals surface area contributed by atoms with E-state index in [1.54, 1.807) is 11.3 Å². The molecule has 0 saturated carbocycles. The van der Waals surface area contributed by atoms with Crippen molar-refractivity contribution in [3.05, 3.63) is 59.2 Å². The predicted octanol–water partition coefficient (Wildman–Crippen LogP) is 3.69. The maximum atomic E-state index is 12.8. The molecule has 2 heterocycles. The van der Waals surface area contributed by atoms with E-state index >= 15 is 0 Å². The number of aromatic nitrogens is 1. The van der Waals surface area contributed by atoms with Gasteiger partial charge >= 0.3 is 0 Å². The molecule has 1 aliphatic heterocycles. The van der Waals surface area contributed by atoms with Crippen molar-refractivity contribution >= 4 is 32.6 Å². The number of carbonyl (C=O) groups is 1. The van der Waals surface area contributed by atoms with E-state index in [2.05, 4.69) is 55.1 Å². The fourth-order valence-corrected chi connectivity index (χ4v) is 4.85. The molecular formula is C23H28N4OS. The Balaban J connectivity index is 1.34. The van der Waals surface area contributed by atoms with Crippen LogP contribution in [0.3, 0.4) is 0 Å². The van der Waals surface area contributed by atoms with Gasteiger partial charge in [-0.15, -0.1) is 0 Å². The first-order valence-corrected chi connectivity index (χ1v) is 10.9. The fraction of sp³-hybridized carbons (Fsp3) is 0.391. The number of anilines is 1. The first-order valence-electron chi connectivity index (χ1n) is 10.1. The first-order chi connectivity index (χ1) is 14.0. The van der Waals surface area contributed by atoms with Gasteiger partial charge in [-0.25, -0.2) is 4.98 Å². The van der Waals surface area contributed by atoms with E-state index in [-0.39, 0.29) is 5.91 Å².